The number of nitrogens with zero attached hydrogens (tertiary/aromatic N) is 1. The van der Waals surface area contributed by atoms with Crippen molar-refractivity contribution in [2.45, 2.75) is 32.2 Å². The second-order valence-electron chi connectivity index (χ2n) is 4.65. The quantitative estimate of drug-likeness (QED) is 0.661. The number of anilines is 1. The van der Waals surface area contributed by atoms with Crippen LogP contribution in [0.15, 0.2) is 22.7 Å². The zero-order chi connectivity index (χ0) is 12.4. The first-order valence-electron chi connectivity index (χ1n) is 5.76. The van der Waals surface area contributed by atoms with Gasteiger partial charge in [0.05, 0.1) is 9.40 Å². The summed E-state index contributed by atoms with van der Waals surface area (Å²) in [5.41, 5.74) is 1.03. The van der Waals surface area contributed by atoms with Gasteiger partial charge in [0.15, 0.2) is 0 Å². The molecule has 0 amide bonds. The minimum Gasteiger partial charge on any atom is -0.383 e. The maximum Gasteiger partial charge on any atom is 0.283 e. The van der Waals surface area contributed by atoms with Crippen LogP contribution in [0.25, 0.3) is 0 Å². The van der Waals surface area contributed by atoms with E-state index >= 15 is 0 Å². The van der Waals surface area contributed by atoms with E-state index in [-0.39, 0.29) is 10.6 Å². The molecule has 4 nitrogen and oxygen atoms in total. The summed E-state index contributed by atoms with van der Waals surface area (Å²) in [4.78, 5) is 10.3. The smallest absolute Gasteiger partial charge is 0.283 e. The van der Waals surface area contributed by atoms with Crippen molar-refractivity contribution in [1.82, 2.24) is 0 Å². The number of hydrogen-bond donors (Lipinski definition) is 1. The topological polar surface area (TPSA) is 55.2 Å². The molecule has 1 aliphatic rings. The van der Waals surface area contributed by atoms with Crippen LogP contribution in [0.1, 0.15) is 26.2 Å². The van der Waals surface area contributed by atoms with Gasteiger partial charge in [-0.2, -0.15) is 0 Å². The summed E-state index contributed by atoms with van der Waals surface area (Å²) < 4.78 is 0.520. The number of rotatable bonds is 5. The molecule has 0 radical (unpaired) electrons. The fourth-order valence-electron chi connectivity index (χ4n) is 1.94. The van der Waals surface area contributed by atoms with Gasteiger partial charge in [-0.1, -0.05) is 12.8 Å². The van der Waals surface area contributed by atoms with Gasteiger partial charge in [-0.25, -0.2) is 0 Å². The molecule has 17 heavy (non-hydrogen) atoms. The molecule has 0 bridgehead atoms. The fourth-order valence-corrected chi connectivity index (χ4v) is 2.47. The van der Waals surface area contributed by atoms with Crippen molar-refractivity contribution < 1.29 is 4.92 Å². The van der Waals surface area contributed by atoms with E-state index in [1.807, 2.05) is 0 Å². The highest BCUT2D eigenvalue weighted by Gasteiger charge is 2.23. The summed E-state index contributed by atoms with van der Waals surface area (Å²) in [7, 11) is 0. The first-order valence-corrected chi connectivity index (χ1v) is 6.56. The Morgan fingerprint density at radius 1 is 1.59 bits per heavy atom. The zero-order valence-electron chi connectivity index (χ0n) is 9.65. The zero-order valence-corrected chi connectivity index (χ0v) is 11.2. The Morgan fingerprint density at radius 2 is 2.29 bits per heavy atom. The van der Waals surface area contributed by atoms with Crippen molar-refractivity contribution in [2.24, 2.45) is 5.92 Å². The van der Waals surface area contributed by atoms with Crippen LogP contribution >= 0.6 is 15.9 Å². The Hall–Kier alpha value is -1.10. The van der Waals surface area contributed by atoms with E-state index < -0.39 is 0 Å². The molecule has 0 aromatic heterocycles. The van der Waals surface area contributed by atoms with Crippen LogP contribution in [0.3, 0.4) is 0 Å². The number of hydrogen-bond acceptors (Lipinski definition) is 3. The molecule has 1 aromatic rings. The molecular weight excluding hydrogens is 284 g/mol. The Morgan fingerprint density at radius 3 is 2.82 bits per heavy atom. The van der Waals surface area contributed by atoms with E-state index in [9.17, 15) is 10.1 Å². The summed E-state index contributed by atoms with van der Waals surface area (Å²) >= 11 is 3.22. The van der Waals surface area contributed by atoms with Crippen molar-refractivity contribution in [1.29, 1.82) is 0 Å². The lowest BCUT2D eigenvalue weighted by Crippen LogP contribution is -2.15. The van der Waals surface area contributed by atoms with Crippen LogP contribution < -0.4 is 5.32 Å². The SMILES string of the molecule is CC(CC1CC1)Nc1ccc([N+](=O)[O-])c(Br)c1. The standard InChI is InChI=1S/C12H15BrN2O2/c1-8(6-9-2-3-9)14-10-4-5-12(15(16)17)11(13)7-10/h4-5,7-9,14H,2-3,6H2,1H3. The van der Waals surface area contributed by atoms with Crippen molar-refractivity contribution in [3.05, 3.63) is 32.8 Å². The van der Waals surface area contributed by atoms with Crippen molar-refractivity contribution in [3.8, 4) is 0 Å². The molecule has 5 heteroatoms. The second kappa shape index (κ2) is 5.04. The molecule has 2 rings (SSSR count). The monoisotopic (exact) mass is 298 g/mol. The Balaban J connectivity index is 2.00. The average molecular weight is 299 g/mol. The van der Waals surface area contributed by atoms with E-state index in [0.717, 1.165) is 11.6 Å². The van der Waals surface area contributed by atoms with Gasteiger partial charge in [0.2, 0.25) is 0 Å². The van der Waals surface area contributed by atoms with Gasteiger partial charge >= 0.3 is 0 Å². The van der Waals surface area contributed by atoms with Crippen LogP contribution in [0, 0.1) is 16.0 Å². The molecule has 1 saturated carbocycles. The van der Waals surface area contributed by atoms with Gasteiger partial charge in [0.25, 0.3) is 5.69 Å². The number of halogens is 1. The first kappa shape index (κ1) is 12.4. The maximum atomic E-state index is 10.7. The van der Waals surface area contributed by atoms with Crippen LogP contribution in [-0.4, -0.2) is 11.0 Å². The van der Waals surface area contributed by atoms with Crippen molar-refractivity contribution in [2.75, 3.05) is 5.32 Å². The molecule has 0 aliphatic heterocycles. The van der Waals surface area contributed by atoms with Gasteiger partial charge in [-0.15, -0.1) is 0 Å². The van der Waals surface area contributed by atoms with E-state index in [4.69, 9.17) is 0 Å². The maximum absolute atomic E-state index is 10.7. The van der Waals surface area contributed by atoms with E-state index in [2.05, 4.69) is 28.2 Å². The molecule has 1 aromatic carbocycles. The summed E-state index contributed by atoms with van der Waals surface area (Å²) in [5, 5.41) is 14.0. The summed E-state index contributed by atoms with van der Waals surface area (Å²) in [6, 6.07) is 5.46. The van der Waals surface area contributed by atoms with E-state index in [1.54, 1.807) is 12.1 Å². The molecule has 1 atom stereocenters. The number of nitrogens with one attached hydrogen (secondary N) is 1. The fraction of sp³-hybridized carbons (Fsp3) is 0.500. The molecular formula is C12H15BrN2O2. The normalized spacial score (nSPS) is 16.6. The molecule has 92 valence electrons. The number of nitro groups is 1. The predicted molar refractivity (Wildman–Crippen MR) is 71.2 cm³/mol. The van der Waals surface area contributed by atoms with Gasteiger partial charge in [-0.3, -0.25) is 10.1 Å². The third-order valence-corrected chi connectivity index (χ3v) is 3.58. The van der Waals surface area contributed by atoms with Gasteiger partial charge < -0.3 is 5.32 Å². The summed E-state index contributed by atoms with van der Waals surface area (Å²) in [6.45, 7) is 2.15. The molecule has 0 heterocycles. The van der Waals surface area contributed by atoms with E-state index in [0.29, 0.717) is 10.5 Å². The largest absolute Gasteiger partial charge is 0.383 e. The van der Waals surface area contributed by atoms with Gasteiger partial charge in [0.1, 0.15) is 0 Å². The lowest BCUT2D eigenvalue weighted by Gasteiger charge is -2.14. The molecule has 0 saturated heterocycles. The summed E-state index contributed by atoms with van der Waals surface area (Å²) in [5.74, 6) is 0.874. The number of benzene rings is 1. The summed E-state index contributed by atoms with van der Waals surface area (Å²) in [6.07, 6.45) is 3.86. The Labute approximate surface area is 109 Å². The molecule has 1 fully saturated rings. The van der Waals surface area contributed by atoms with Gasteiger partial charge in [-0.05, 0) is 47.3 Å². The molecule has 1 N–H and O–H groups in total. The van der Waals surface area contributed by atoms with Crippen molar-refractivity contribution >= 4 is 27.3 Å². The van der Waals surface area contributed by atoms with Crippen LogP contribution in [0.4, 0.5) is 11.4 Å². The van der Waals surface area contributed by atoms with Crippen molar-refractivity contribution in [3.63, 3.8) is 0 Å². The molecule has 1 aliphatic carbocycles. The van der Waals surface area contributed by atoms with Gasteiger partial charge in [0, 0.05) is 17.8 Å². The van der Waals surface area contributed by atoms with Crippen LogP contribution in [0.2, 0.25) is 0 Å². The average Bonchev–Trinajstić information content (AvgIpc) is 3.00. The predicted octanol–water partition coefficient (Wildman–Crippen LogP) is 3.96. The third-order valence-electron chi connectivity index (χ3n) is 2.94. The minimum absolute atomic E-state index is 0.102. The highest BCUT2D eigenvalue weighted by Crippen LogP contribution is 2.34. The highest BCUT2D eigenvalue weighted by atomic mass is 79.9. The minimum atomic E-state index is -0.387. The van der Waals surface area contributed by atoms with Crippen LogP contribution in [-0.2, 0) is 0 Å². The third kappa shape index (κ3) is 3.43. The lowest BCUT2D eigenvalue weighted by atomic mass is 10.1. The molecule has 1 unspecified atom stereocenters. The second-order valence-corrected chi connectivity index (χ2v) is 5.50. The van der Waals surface area contributed by atoms with Crippen LogP contribution in [0.5, 0.6) is 0 Å². The van der Waals surface area contributed by atoms with E-state index in [1.165, 1.54) is 25.3 Å². The first-order chi connectivity index (χ1) is 8.06. The number of nitro benzene ring substituents is 1. The Bertz CT molecular complexity index is 433. The highest BCUT2D eigenvalue weighted by molar-refractivity contribution is 9.10. The lowest BCUT2D eigenvalue weighted by molar-refractivity contribution is -0.385. The molecule has 0 spiro atoms. The Kier molecular flexibility index (Phi) is 3.66.